The van der Waals surface area contributed by atoms with Crippen LogP contribution in [-0.2, 0) is 28.4 Å². The van der Waals surface area contributed by atoms with Gasteiger partial charge in [-0.1, -0.05) is 36.4 Å². The molecule has 0 saturated carbocycles. The molecular formula is C26H30O8. The van der Waals surface area contributed by atoms with Crippen LogP contribution in [0, 0.1) is 0 Å². The Morgan fingerprint density at radius 3 is 2.00 bits per heavy atom. The van der Waals surface area contributed by atoms with E-state index in [0.29, 0.717) is 11.1 Å². The Morgan fingerprint density at radius 2 is 1.44 bits per heavy atom. The molecule has 2 fully saturated rings. The van der Waals surface area contributed by atoms with Crippen molar-refractivity contribution >= 4 is 11.9 Å². The van der Waals surface area contributed by atoms with Crippen molar-refractivity contribution in [2.45, 2.75) is 63.7 Å². The van der Waals surface area contributed by atoms with Crippen molar-refractivity contribution in [1.82, 2.24) is 0 Å². The van der Waals surface area contributed by atoms with Crippen LogP contribution in [0.5, 0.6) is 0 Å². The zero-order valence-corrected chi connectivity index (χ0v) is 19.8. The van der Waals surface area contributed by atoms with Crippen LogP contribution in [-0.4, -0.2) is 61.1 Å². The Kier molecular flexibility index (Phi) is 7.04. The van der Waals surface area contributed by atoms with Gasteiger partial charge in [-0.05, 0) is 52.0 Å². The SMILES string of the molecule is CC1(C)OCC(C(OC(=O)c2ccccc2)C2OC(C)(C)OC2COC(=O)c2ccccc2)O1. The summed E-state index contributed by atoms with van der Waals surface area (Å²) < 4.78 is 35.4. The van der Waals surface area contributed by atoms with E-state index in [9.17, 15) is 9.59 Å². The second-order valence-electron chi connectivity index (χ2n) is 9.21. The lowest BCUT2D eigenvalue weighted by Gasteiger charge is -2.30. The van der Waals surface area contributed by atoms with Crippen molar-refractivity contribution in [2.24, 2.45) is 0 Å². The minimum Gasteiger partial charge on any atom is -0.459 e. The van der Waals surface area contributed by atoms with Crippen LogP contribution in [0.3, 0.4) is 0 Å². The Balaban J connectivity index is 1.54. The maximum Gasteiger partial charge on any atom is 0.338 e. The summed E-state index contributed by atoms with van der Waals surface area (Å²) in [4.78, 5) is 25.4. The lowest BCUT2D eigenvalue weighted by molar-refractivity contribution is -0.179. The Bertz CT molecular complexity index is 988. The molecule has 2 aromatic carbocycles. The molecule has 0 aliphatic carbocycles. The summed E-state index contributed by atoms with van der Waals surface area (Å²) in [6.45, 7) is 7.21. The van der Waals surface area contributed by atoms with Crippen LogP contribution in [0.4, 0.5) is 0 Å². The van der Waals surface area contributed by atoms with Crippen LogP contribution in [0.2, 0.25) is 0 Å². The molecule has 8 nitrogen and oxygen atoms in total. The summed E-state index contributed by atoms with van der Waals surface area (Å²) in [5, 5.41) is 0. The summed E-state index contributed by atoms with van der Waals surface area (Å²) in [6.07, 6.45) is -2.91. The van der Waals surface area contributed by atoms with Crippen LogP contribution < -0.4 is 0 Å². The summed E-state index contributed by atoms with van der Waals surface area (Å²) >= 11 is 0. The first kappa shape index (κ1) is 24.3. The Morgan fingerprint density at radius 1 is 0.853 bits per heavy atom. The highest BCUT2D eigenvalue weighted by Gasteiger charge is 2.52. The van der Waals surface area contributed by atoms with E-state index < -0.39 is 47.9 Å². The van der Waals surface area contributed by atoms with E-state index in [1.54, 1.807) is 76.2 Å². The van der Waals surface area contributed by atoms with E-state index >= 15 is 0 Å². The number of carbonyl (C=O) groups excluding carboxylic acids is 2. The zero-order valence-electron chi connectivity index (χ0n) is 19.8. The Labute approximate surface area is 199 Å². The van der Waals surface area contributed by atoms with Crippen LogP contribution >= 0.6 is 0 Å². The van der Waals surface area contributed by atoms with Gasteiger partial charge >= 0.3 is 11.9 Å². The van der Waals surface area contributed by atoms with Gasteiger partial charge in [0.15, 0.2) is 17.7 Å². The molecule has 0 radical (unpaired) electrons. The molecule has 0 bridgehead atoms. The van der Waals surface area contributed by atoms with E-state index in [4.69, 9.17) is 28.4 Å². The fourth-order valence-corrected chi connectivity index (χ4v) is 4.08. The topological polar surface area (TPSA) is 89.5 Å². The standard InChI is InChI=1S/C26H30O8/c1-25(2)30-16-20(32-25)21(31-24(28)18-13-9-6-10-14-18)22-19(33-26(3,4)34-22)15-29-23(27)17-11-7-5-8-12-17/h5-14,19-22H,15-16H2,1-4H3. The van der Waals surface area contributed by atoms with E-state index in [-0.39, 0.29) is 13.2 Å². The highest BCUT2D eigenvalue weighted by Crippen LogP contribution is 2.36. The van der Waals surface area contributed by atoms with E-state index in [0.717, 1.165) is 0 Å². The third kappa shape index (κ3) is 5.82. The highest BCUT2D eigenvalue weighted by molar-refractivity contribution is 5.89. The third-order valence-electron chi connectivity index (χ3n) is 5.58. The molecule has 2 saturated heterocycles. The Hall–Kier alpha value is -2.78. The highest BCUT2D eigenvalue weighted by atomic mass is 16.8. The molecule has 0 spiro atoms. The average Bonchev–Trinajstić information content (AvgIpc) is 3.34. The van der Waals surface area contributed by atoms with Gasteiger partial charge in [-0.25, -0.2) is 9.59 Å². The molecule has 182 valence electrons. The smallest absolute Gasteiger partial charge is 0.338 e. The number of benzene rings is 2. The molecule has 0 N–H and O–H groups in total. The molecular weight excluding hydrogens is 440 g/mol. The number of esters is 2. The van der Waals surface area contributed by atoms with Gasteiger partial charge in [0, 0.05) is 0 Å². The monoisotopic (exact) mass is 470 g/mol. The van der Waals surface area contributed by atoms with Gasteiger partial charge in [0.05, 0.1) is 17.7 Å². The van der Waals surface area contributed by atoms with Crippen molar-refractivity contribution in [1.29, 1.82) is 0 Å². The van der Waals surface area contributed by atoms with Crippen molar-refractivity contribution < 1.29 is 38.0 Å². The first-order chi connectivity index (χ1) is 16.1. The maximum absolute atomic E-state index is 12.9. The van der Waals surface area contributed by atoms with Gasteiger partial charge < -0.3 is 28.4 Å². The minimum absolute atomic E-state index is 0.0851. The second-order valence-corrected chi connectivity index (χ2v) is 9.21. The predicted octanol–water partition coefficient (Wildman–Crippen LogP) is 3.74. The molecule has 0 aromatic heterocycles. The molecule has 2 aromatic rings. The molecule has 2 heterocycles. The molecule has 4 atom stereocenters. The number of hydrogen-bond acceptors (Lipinski definition) is 8. The molecule has 8 heteroatoms. The van der Waals surface area contributed by atoms with Crippen molar-refractivity contribution in [2.75, 3.05) is 13.2 Å². The lowest BCUT2D eigenvalue weighted by atomic mass is 10.0. The first-order valence-corrected chi connectivity index (χ1v) is 11.3. The summed E-state index contributed by atoms with van der Waals surface area (Å²) in [5.74, 6) is -2.83. The summed E-state index contributed by atoms with van der Waals surface area (Å²) in [7, 11) is 0. The van der Waals surface area contributed by atoms with Crippen LogP contribution in [0.1, 0.15) is 48.4 Å². The van der Waals surface area contributed by atoms with E-state index in [1.165, 1.54) is 0 Å². The molecule has 34 heavy (non-hydrogen) atoms. The van der Waals surface area contributed by atoms with Crippen molar-refractivity contribution in [3.63, 3.8) is 0 Å². The second kappa shape index (κ2) is 9.84. The van der Waals surface area contributed by atoms with Gasteiger partial charge in [-0.3, -0.25) is 0 Å². The molecule has 2 aliphatic heterocycles. The third-order valence-corrected chi connectivity index (χ3v) is 5.58. The minimum atomic E-state index is -0.985. The van der Waals surface area contributed by atoms with Gasteiger partial charge in [-0.2, -0.15) is 0 Å². The van der Waals surface area contributed by atoms with Gasteiger partial charge in [0.2, 0.25) is 0 Å². The van der Waals surface area contributed by atoms with Crippen molar-refractivity contribution in [3.05, 3.63) is 71.8 Å². The molecule has 4 unspecified atom stereocenters. The molecule has 2 aliphatic rings. The number of hydrogen-bond donors (Lipinski definition) is 0. The van der Waals surface area contributed by atoms with Crippen LogP contribution in [0.15, 0.2) is 60.7 Å². The average molecular weight is 471 g/mol. The van der Waals surface area contributed by atoms with Gasteiger partial charge in [-0.15, -0.1) is 0 Å². The quantitative estimate of drug-likeness (QED) is 0.566. The van der Waals surface area contributed by atoms with Crippen LogP contribution in [0.25, 0.3) is 0 Å². The van der Waals surface area contributed by atoms with E-state index in [2.05, 4.69) is 0 Å². The largest absolute Gasteiger partial charge is 0.459 e. The van der Waals surface area contributed by atoms with Gasteiger partial charge in [0.25, 0.3) is 0 Å². The van der Waals surface area contributed by atoms with Crippen molar-refractivity contribution in [3.8, 4) is 0 Å². The summed E-state index contributed by atoms with van der Waals surface area (Å²) in [5.41, 5.74) is 0.828. The normalized spacial score (nSPS) is 26.1. The molecule has 4 rings (SSSR count). The first-order valence-electron chi connectivity index (χ1n) is 11.3. The fourth-order valence-electron chi connectivity index (χ4n) is 4.08. The number of carbonyl (C=O) groups is 2. The zero-order chi connectivity index (χ0) is 24.3. The number of ether oxygens (including phenoxy) is 6. The number of rotatable bonds is 7. The lowest BCUT2D eigenvalue weighted by Crippen LogP contribution is -2.49. The predicted molar refractivity (Wildman–Crippen MR) is 121 cm³/mol. The molecule has 0 amide bonds. The van der Waals surface area contributed by atoms with Gasteiger partial charge in [0.1, 0.15) is 24.9 Å². The maximum atomic E-state index is 12.9. The van der Waals surface area contributed by atoms with E-state index in [1.807, 2.05) is 12.1 Å². The summed E-state index contributed by atoms with van der Waals surface area (Å²) in [6, 6.07) is 17.4. The fraction of sp³-hybridized carbons (Fsp3) is 0.462.